The standard InChI is InChI=1S/C14H13BrFNO3S/c1-9-6-11(3-4-13(9)16)17-21(19,20)14-5-2-10(8-18)7-12(14)15/h2-7,17-18H,8H2,1H3. The maximum Gasteiger partial charge on any atom is 0.263 e. The zero-order chi connectivity index (χ0) is 15.6. The fourth-order valence-corrected chi connectivity index (χ4v) is 3.95. The van der Waals surface area contributed by atoms with Crippen molar-refractivity contribution in [3.63, 3.8) is 0 Å². The van der Waals surface area contributed by atoms with Crippen molar-refractivity contribution in [3.8, 4) is 0 Å². The van der Waals surface area contributed by atoms with Gasteiger partial charge in [-0.25, -0.2) is 12.8 Å². The zero-order valence-electron chi connectivity index (χ0n) is 11.1. The van der Waals surface area contributed by atoms with Crippen LogP contribution < -0.4 is 4.72 Å². The van der Waals surface area contributed by atoms with Gasteiger partial charge in [0.1, 0.15) is 10.7 Å². The van der Waals surface area contributed by atoms with E-state index in [-0.39, 0.29) is 17.2 Å². The molecule has 112 valence electrons. The van der Waals surface area contributed by atoms with Crippen LogP contribution in [0.25, 0.3) is 0 Å². The quantitative estimate of drug-likeness (QED) is 0.864. The molecule has 0 saturated heterocycles. The van der Waals surface area contributed by atoms with Crippen molar-refractivity contribution in [3.05, 3.63) is 57.8 Å². The third kappa shape index (κ3) is 3.61. The molecule has 0 atom stereocenters. The molecule has 4 nitrogen and oxygen atoms in total. The first-order chi connectivity index (χ1) is 9.83. The Labute approximate surface area is 130 Å². The average Bonchev–Trinajstić information content (AvgIpc) is 2.42. The molecule has 0 aliphatic rings. The first kappa shape index (κ1) is 15.9. The largest absolute Gasteiger partial charge is 0.392 e. The summed E-state index contributed by atoms with van der Waals surface area (Å²) in [5.41, 5.74) is 1.23. The number of aliphatic hydroxyl groups is 1. The number of rotatable bonds is 4. The molecule has 21 heavy (non-hydrogen) atoms. The minimum Gasteiger partial charge on any atom is -0.392 e. The molecule has 0 fully saturated rings. The first-order valence-electron chi connectivity index (χ1n) is 6.02. The number of anilines is 1. The van der Waals surface area contributed by atoms with Crippen LogP contribution in [0.4, 0.5) is 10.1 Å². The van der Waals surface area contributed by atoms with Crippen LogP contribution in [-0.4, -0.2) is 13.5 Å². The highest BCUT2D eigenvalue weighted by molar-refractivity contribution is 9.10. The third-order valence-corrected chi connectivity index (χ3v) is 5.24. The summed E-state index contributed by atoms with van der Waals surface area (Å²) in [5, 5.41) is 9.03. The van der Waals surface area contributed by atoms with Gasteiger partial charge in [-0.15, -0.1) is 0 Å². The molecule has 2 aromatic carbocycles. The van der Waals surface area contributed by atoms with Crippen LogP contribution in [-0.2, 0) is 16.6 Å². The summed E-state index contributed by atoms with van der Waals surface area (Å²) >= 11 is 3.17. The molecule has 7 heteroatoms. The van der Waals surface area contributed by atoms with Gasteiger partial charge in [-0.1, -0.05) is 6.07 Å². The molecule has 0 aliphatic heterocycles. The van der Waals surface area contributed by atoms with Crippen LogP contribution in [0.2, 0.25) is 0 Å². The van der Waals surface area contributed by atoms with Gasteiger partial charge in [-0.2, -0.15) is 0 Å². The number of sulfonamides is 1. The summed E-state index contributed by atoms with van der Waals surface area (Å²) in [7, 11) is -3.80. The van der Waals surface area contributed by atoms with Crippen LogP contribution in [0.5, 0.6) is 0 Å². The Bertz CT molecular complexity index is 778. The average molecular weight is 374 g/mol. The first-order valence-corrected chi connectivity index (χ1v) is 8.29. The van der Waals surface area contributed by atoms with E-state index in [1.54, 1.807) is 6.92 Å². The summed E-state index contributed by atoms with van der Waals surface area (Å²) in [6.07, 6.45) is 0. The molecular formula is C14H13BrFNO3S. The second kappa shape index (κ2) is 6.13. The predicted octanol–water partition coefficient (Wildman–Crippen LogP) is 3.19. The maximum absolute atomic E-state index is 13.2. The number of hydrogen-bond donors (Lipinski definition) is 2. The van der Waals surface area contributed by atoms with Gasteiger partial charge in [0.05, 0.1) is 6.61 Å². The molecule has 2 aromatic rings. The van der Waals surface area contributed by atoms with Crippen molar-refractivity contribution >= 4 is 31.6 Å². The van der Waals surface area contributed by atoms with E-state index < -0.39 is 15.8 Å². The number of nitrogens with one attached hydrogen (secondary N) is 1. The molecular weight excluding hydrogens is 361 g/mol. The fourth-order valence-electron chi connectivity index (χ4n) is 1.78. The van der Waals surface area contributed by atoms with Crippen LogP contribution in [0, 0.1) is 12.7 Å². The van der Waals surface area contributed by atoms with Crippen LogP contribution >= 0.6 is 15.9 Å². The molecule has 0 saturated carbocycles. The van der Waals surface area contributed by atoms with Gasteiger partial charge in [0.2, 0.25) is 0 Å². The molecule has 2 rings (SSSR count). The minimum atomic E-state index is -3.80. The number of aryl methyl sites for hydroxylation is 1. The molecule has 0 bridgehead atoms. The topological polar surface area (TPSA) is 66.4 Å². The Morgan fingerprint density at radius 2 is 1.95 bits per heavy atom. The Morgan fingerprint density at radius 3 is 2.52 bits per heavy atom. The Hall–Kier alpha value is -1.44. The van der Waals surface area contributed by atoms with Crippen molar-refractivity contribution in [1.29, 1.82) is 0 Å². The zero-order valence-corrected chi connectivity index (χ0v) is 13.5. The van der Waals surface area contributed by atoms with E-state index in [1.807, 2.05) is 0 Å². The monoisotopic (exact) mass is 373 g/mol. The Morgan fingerprint density at radius 1 is 1.24 bits per heavy atom. The maximum atomic E-state index is 13.2. The van der Waals surface area contributed by atoms with E-state index in [4.69, 9.17) is 5.11 Å². The number of aliphatic hydroxyl groups excluding tert-OH is 1. The normalized spacial score (nSPS) is 11.4. The summed E-state index contributed by atoms with van der Waals surface area (Å²) in [4.78, 5) is 0.0432. The van der Waals surface area contributed by atoms with E-state index in [1.165, 1.54) is 36.4 Å². The van der Waals surface area contributed by atoms with Gasteiger partial charge in [-0.3, -0.25) is 4.72 Å². The van der Waals surface area contributed by atoms with Crippen LogP contribution in [0.1, 0.15) is 11.1 Å². The molecule has 0 heterocycles. The minimum absolute atomic E-state index is 0.0432. The van der Waals surface area contributed by atoms with Crippen molar-refractivity contribution in [1.82, 2.24) is 0 Å². The van der Waals surface area contributed by atoms with Gasteiger partial charge in [-0.05, 0) is 64.3 Å². The van der Waals surface area contributed by atoms with E-state index in [0.717, 1.165) is 0 Å². The Kier molecular flexibility index (Phi) is 4.65. The SMILES string of the molecule is Cc1cc(NS(=O)(=O)c2ccc(CO)cc2Br)ccc1F. The molecule has 0 unspecified atom stereocenters. The number of hydrogen-bond acceptors (Lipinski definition) is 3. The highest BCUT2D eigenvalue weighted by Gasteiger charge is 2.18. The molecule has 0 spiro atoms. The van der Waals surface area contributed by atoms with Gasteiger partial charge in [0.15, 0.2) is 0 Å². The smallest absolute Gasteiger partial charge is 0.263 e. The number of benzene rings is 2. The van der Waals surface area contributed by atoms with Gasteiger partial charge in [0, 0.05) is 10.2 Å². The summed E-state index contributed by atoms with van der Waals surface area (Å²) in [6, 6.07) is 8.43. The van der Waals surface area contributed by atoms with E-state index in [0.29, 0.717) is 15.6 Å². The van der Waals surface area contributed by atoms with Crippen molar-refractivity contribution in [2.45, 2.75) is 18.4 Å². The molecule has 0 aromatic heterocycles. The third-order valence-electron chi connectivity index (χ3n) is 2.88. The second-order valence-corrected chi connectivity index (χ2v) is 7.00. The lowest BCUT2D eigenvalue weighted by molar-refractivity contribution is 0.281. The fraction of sp³-hybridized carbons (Fsp3) is 0.143. The second-order valence-electron chi connectivity index (χ2n) is 4.49. The van der Waals surface area contributed by atoms with E-state index >= 15 is 0 Å². The number of halogens is 2. The predicted molar refractivity (Wildman–Crippen MR) is 82.0 cm³/mol. The lowest BCUT2D eigenvalue weighted by atomic mass is 10.2. The van der Waals surface area contributed by atoms with Gasteiger partial charge < -0.3 is 5.11 Å². The molecule has 0 amide bonds. The summed E-state index contributed by atoms with van der Waals surface area (Å²) in [6.45, 7) is 1.38. The van der Waals surface area contributed by atoms with Gasteiger partial charge >= 0.3 is 0 Å². The summed E-state index contributed by atoms with van der Waals surface area (Å²) in [5.74, 6) is -0.397. The molecule has 0 aliphatic carbocycles. The van der Waals surface area contributed by atoms with Crippen molar-refractivity contribution in [2.75, 3.05) is 4.72 Å². The lowest BCUT2D eigenvalue weighted by Gasteiger charge is -2.11. The van der Waals surface area contributed by atoms with E-state index in [2.05, 4.69) is 20.7 Å². The Balaban J connectivity index is 2.36. The highest BCUT2D eigenvalue weighted by atomic mass is 79.9. The van der Waals surface area contributed by atoms with Gasteiger partial charge in [0.25, 0.3) is 10.0 Å². The van der Waals surface area contributed by atoms with Crippen LogP contribution in [0.3, 0.4) is 0 Å². The summed E-state index contributed by atoms with van der Waals surface area (Å²) < 4.78 is 40.6. The molecule has 2 N–H and O–H groups in total. The highest BCUT2D eigenvalue weighted by Crippen LogP contribution is 2.26. The van der Waals surface area contributed by atoms with Crippen LogP contribution in [0.15, 0.2) is 45.8 Å². The molecule has 0 radical (unpaired) electrons. The van der Waals surface area contributed by atoms with Crippen molar-refractivity contribution < 1.29 is 17.9 Å². The lowest BCUT2D eigenvalue weighted by Crippen LogP contribution is -2.14. The van der Waals surface area contributed by atoms with Crippen molar-refractivity contribution in [2.24, 2.45) is 0 Å². The van der Waals surface area contributed by atoms with E-state index in [9.17, 15) is 12.8 Å².